The molecule has 0 aliphatic rings. The van der Waals surface area contributed by atoms with Crippen LogP contribution in [0.1, 0.15) is 0 Å². The molecule has 0 fully saturated rings. The molecule has 0 radical (unpaired) electrons. The molecule has 0 unspecified atom stereocenters. The highest BCUT2D eigenvalue weighted by molar-refractivity contribution is 5.78. The van der Waals surface area contributed by atoms with E-state index in [0.29, 0.717) is 17.1 Å². The molecule has 62 valence electrons. The van der Waals surface area contributed by atoms with E-state index in [-0.39, 0.29) is 0 Å². The van der Waals surface area contributed by atoms with Crippen molar-refractivity contribution >= 4 is 23.3 Å². The Balaban J connectivity index is 3.01. The van der Waals surface area contributed by atoms with E-state index in [4.69, 9.17) is 11.5 Å². The maximum Gasteiger partial charge on any atom is 0.0860 e. The monoisotopic (exact) mass is 161 g/mol. The topological polar surface area (TPSA) is 64.4 Å². The molecule has 0 aliphatic heterocycles. The second kappa shape index (κ2) is 3.57. The Morgan fingerprint density at radius 3 is 2.67 bits per heavy atom. The molecule has 0 saturated heterocycles. The molecule has 0 aromatic heterocycles. The van der Waals surface area contributed by atoms with Gasteiger partial charge in [-0.25, -0.2) is 0 Å². The smallest absolute Gasteiger partial charge is 0.0860 e. The number of rotatable bonds is 2. The number of aliphatic imine (C=N–C) groups is 1. The third kappa shape index (κ3) is 1.85. The SMILES string of the molecule is C=C/C=N\c1ccc(N)cc1N. The summed E-state index contributed by atoms with van der Waals surface area (Å²) in [7, 11) is 0. The third-order valence-corrected chi connectivity index (χ3v) is 1.37. The highest BCUT2D eigenvalue weighted by Crippen LogP contribution is 2.23. The first-order valence-corrected chi connectivity index (χ1v) is 3.54. The van der Waals surface area contributed by atoms with Gasteiger partial charge in [0.05, 0.1) is 11.4 Å². The van der Waals surface area contributed by atoms with Gasteiger partial charge < -0.3 is 11.5 Å². The van der Waals surface area contributed by atoms with Crippen LogP contribution in [0.3, 0.4) is 0 Å². The van der Waals surface area contributed by atoms with Gasteiger partial charge in [0, 0.05) is 11.9 Å². The summed E-state index contributed by atoms with van der Waals surface area (Å²) in [6.07, 6.45) is 3.18. The zero-order chi connectivity index (χ0) is 8.97. The lowest BCUT2D eigenvalue weighted by molar-refractivity contribution is 1.53. The van der Waals surface area contributed by atoms with Gasteiger partial charge in [-0.05, 0) is 18.2 Å². The van der Waals surface area contributed by atoms with Crippen LogP contribution in [-0.4, -0.2) is 6.21 Å². The first-order chi connectivity index (χ1) is 5.74. The molecule has 0 saturated carbocycles. The standard InChI is InChI=1S/C9H11N3/c1-2-5-12-9-4-3-7(10)6-8(9)11/h2-6H,1,10-11H2/b12-5-. The molecule has 4 N–H and O–H groups in total. The van der Waals surface area contributed by atoms with Crippen LogP contribution in [0.4, 0.5) is 17.1 Å². The van der Waals surface area contributed by atoms with Crippen LogP contribution in [0.2, 0.25) is 0 Å². The van der Waals surface area contributed by atoms with Crippen molar-refractivity contribution in [1.82, 2.24) is 0 Å². The highest BCUT2D eigenvalue weighted by atomic mass is 14.8. The zero-order valence-electron chi connectivity index (χ0n) is 6.70. The Labute approximate surface area is 71.4 Å². The van der Waals surface area contributed by atoms with Gasteiger partial charge in [-0.15, -0.1) is 0 Å². The average molecular weight is 161 g/mol. The molecule has 0 atom stereocenters. The van der Waals surface area contributed by atoms with Gasteiger partial charge in [-0.1, -0.05) is 12.7 Å². The van der Waals surface area contributed by atoms with E-state index in [0.717, 1.165) is 0 Å². The first-order valence-electron chi connectivity index (χ1n) is 3.54. The number of hydrogen-bond acceptors (Lipinski definition) is 3. The van der Waals surface area contributed by atoms with E-state index < -0.39 is 0 Å². The fourth-order valence-corrected chi connectivity index (χ4v) is 0.824. The van der Waals surface area contributed by atoms with Crippen molar-refractivity contribution in [2.75, 3.05) is 11.5 Å². The van der Waals surface area contributed by atoms with E-state index in [1.165, 1.54) is 0 Å². The van der Waals surface area contributed by atoms with Crippen LogP contribution in [0.15, 0.2) is 35.8 Å². The van der Waals surface area contributed by atoms with Gasteiger partial charge >= 0.3 is 0 Å². The minimum Gasteiger partial charge on any atom is -0.399 e. The van der Waals surface area contributed by atoms with E-state index in [2.05, 4.69) is 11.6 Å². The fourth-order valence-electron chi connectivity index (χ4n) is 0.824. The second-order valence-corrected chi connectivity index (χ2v) is 2.33. The summed E-state index contributed by atoms with van der Waals surface area (Å²) in [5.41, 5.74) is 13.1. The van der Waals surface area contributed by atoms with Gasteiger partial charge in [0.1, 0.15) is 0 Å². The van der Waals surface area contributed by atoms with Crippen LogP contribution in [0.25, 0.3) is 0 Å². The van der Waals surface area contributed by atoms with Crippen molar-refractivity contribution in [2.45, 2.75) is 0 Å². The van der Waals surface area contributed by atoms with Crippen molar-refractivity contribution < 1.29 is 0 Å². The predicted octanol–water partition coefficient (Wildman–Crippen LogP) is 1.74. The molecule has 1 rings (SSSR count). The van der Waals surface area contributed by atoms with Crippen molar-refractivity contribution in [3.05, 3.63) is 30.9 Å². The van der Waals surface area contributed by atoms with Gasteiger partial charge in [0.2, 0.25) is 0 Å². The van der Waals surface area contributed by atoms with Gasteiger partial charge in [0.25, 0.3) is 0 Å². The number of benzene rings is 1. The number of nitrogens with zero attached hydrogens (tertiary/aromatic N) is 1. The second-order valence-electron chi connectivity index (χ2n) is 2.33. The summed E-state index contributed by atoms with van der Waals surface area (Å²) in [4.78, 5) is 4.04. The molecule has 12 heavy (non-hydrogen) atoms. The average Bonchev–Trinajstić information content (AvgIpc) is 2.03. The summed E-state index contributed by atoms with van der Waals surface area (Å²) in [5.74, 6) is 0. The Morgan fingerprint density at radius 2 is 2.08 bits per heavy atom. The van der Waals surface area contributed by atoms with E-state index in [9.17, 15) is 0 Å². The Kier molecular flexibility index (Phi) is 2.48. The fraction of sp³-hybridized carbons (Fsp3) is 0. The van der Waals surface area contributed by atoms with Gasteiger partial charge in [0.15, 0.2) is 0 Å². The van der Waals surface area contributed by atoms with Crippen molar-refractivity contribution in [3.8, 4) is 0 Å². The molecule has 3 heteroatoms. The normalized spacial score (nSPS) is 10.3. The quantitative estimate of drug-likeness (QED) is 0.512. The molecular weight excluding hydrogens is 150 g/mol. The molecule has 1 aromatic carbocycles. The predicted molar refractivity (Wildman–Crippen MR) is 53.6 cm³/mol. The Morgan fingerprint density at radius 1 is 1.33 bits per heavy atom. The van der Waals surface area contributed by atoms with Crippen molar-refractivity contribution in [1.29, 1.82) is 0 Å². The molecule has 0 bridgehead atoms. The number of hydrogen-bond donors (Lipinski definition) is 2. The van der Waals surface area contributed by atoms with Crippen LogP contribution < -0.4 is 11.5 Å². The molecular formula is C9H11N3. The lowest BCUT2D eigenvalue weighted by Crippen LogP contribution is -1.89. The molecule has 0 heterocycles. The molecule has 3 nitrogen and oxygen atoms in total. The minimum atomic E-state index is 0.577. The summed E-state index contributed by atoms with van der Waals surface area (Å²) in [6, 6.07) is 5.20. The molecule has 1 aromatic rings. The number of nitrogen functional groups attached to an aromatic ring is 2. The molecule has 0 aliphatic carbocycles. The zero-order valence-corrected chi connectivity index (χ0v) is 6.70. The van der Waals surface area contributed by atoms with E-state index >= 15 is 0 Å². The van der Waals surface area contributed by atoms with Gasteiger partial charge in [-0.2, -0.15) is 0 Å². The Bertz CT molecular complexity index is 316. The van der Waals surface area contributed by atoms with E-state index in [1.807, 2.05) is 0 Å². The van der Waals surface area contributed by atoms with Crippen LogP contribution in [0, 0.1) is 0 Å². The number of allylic oxidation sites excluding steroid dienone is 1. The largest absolute Gasteiger partial charge is 0.399 e. The third-order valence-electron chi connectivity index (χ3n) is 1.37. The summed E-state index contributed by atoms with van der Waals surface area (Å²) in [5, 5.41) is 0. The summed E-state index contributed by atoms with van der Waals surface area (Å²) in [6.45, 7) is 3.51. The van der Waals surface area contributed by atoms with Crippen molar-refractivity contribution in [3.63, 3.8) is 0 Å². The lowest BCUT2D eigenvalue weighted by atomic mass is 10.2. The highest BCUT2D eigenvalue weighted by Gasteiger charge is 1.94. The van der Waals surface area contributed by atoms with E-state index in [1.54, 1.807) is 30.5 Å². The summed E-state index contributed by atoms with van der Waals surface area (Å²) >= 11 is 0. The lowest BCUT2D eigenvalue weighted by Gasteiger charge is -1.99. The maximum absolute atomic E-state index is 5.63. The maximum atomic E-state index is 5.63. The first kappa shape index (κ1) is 8.33. The van der Waals surface area contributed by atoms with Crippen LogP contribution >= 0.6 is 0 Å². The number of anilines is 2. The van der Waals surface area contributed by atoms with Crippen LogP contribution in [0.5, 0.6) is 0 Å². The van der Waals surface area contributed by atoms with Crippen LogP contribution in [-0.2, 0) is 0 Å². The molecule has 0 spiro atoms. The van der Waals surface area contributed by atoms with Gasteiger partial charge in [-0.3, -0.25) is 4.99 Å². The Hall–Kier alpha value is -1.77. The number of nitrogens with two attached hydrogens (primary N) is 2. The summed E-state index contributed by atoms with van der Waals surface area (Å²) < 4.78 is 0. The van der Waals surface area contributed by atoms with Crippen molar-refractivity contribution in [2.24, 2.45) is 4.99 Å². The molecule has 0 amide bonds. The minimum absolute atomic E-state index is 0.577.